The van der Waals surface area contributed by atoms with Crippen LogP contribution in [-0.2, 0) is 32.3 Å². The number of fused-ring (bicyclic) bond motifs is 1. The van der Waals surface area contributed by atoms with Gasteiger partial charge in [-0.05, 0) is 73.5 Å². The van der Waals surface area contributed by atoms with E-state index in [1.807, 2.05) is 12.1 Å². The fourth-order valence-electron chi connectivity index (χ4n) is 4.99. The summed E-state index contributed by atoms with van der Waals surface area (Å²) >= 11 is 6.72. The number of anilines is 2. The number of ketones is 1. The van der Waals surface area contributed by atoms with Crippen LogP contribution in [0, 0.1) is 0 Å². The van der Waals surface area contributed by atoms with Crippen LogP contribution in [0.2, 0.25) is 4.34 Å². The number of rotatable bonds is 10. The minimum atomic E-state index is -3.78. The Morgan fingerprint density at radius 3 is 2.55 bits per heavy atom. The molecule has 210 valence electrons. The summed E-state index contributed by atoms with van der Waals surface area (Å²) in [7, 11) is -3.78. The van der Waals surface area contributed by atoms with Gasteiger partial charge in [-0.25, -0.2) is 18.3 Å². The molecule has 2 amide bonds. The molecule has 1 fully saturated rings. The minimum Gasteiger partial charge on any atom is -0.384 e. The molecule has 9 nitrogen and oxygen atoms in total. The number of likely N-dealkylation sites (tertiary alicyclic amines) is 1. The van der Waals surface area contributed by atoms with Gasteiger partial charge in [0.1, 0.15) is 15.8 Å². The molecule has 0 spiro atoms. The molecule has 1 N–H and O–H groups in total. The number of amides is 2. The largest absolute Gasteiger partial charge is 0.384 e. The number of benzene rings is 1. The van der Waals surface area contributed by atoms with Crippen LogP contribution in [0.15, 0.2) is 52.9 Å². The molecule has 2 aliphatic rings. The van der Waals surface area contributed by atoms with Crippen molar-refractivity contribution in [3.8, 4) is 0 Å². The zero-order valence-electron chi connectivity index (χ0n) is 21.8. The number of halogens is 1. The Morgan fingerprint density at radius 1 is 1.05 bits per heavy atom. The molecular formula is C28H29ClN4O5S2. The summed E-state index contributed by atoms with van der Waals surface area (Å²) in [6, 6.07) is 11.4. The van der Waals surface area contributed by atoms with E-state index in [1.54, 1.807) is 12.1 Å². The highest BCUT2D eigenvalue weighted by Gasteiger charge is 2.33. The minimum absolute atomic E-state index is 0.0436. The lowest BCUT2D eigenvalue weighted by atomic mass is 9.97. The number of imide groups is 1. The number of nitrogens with zero attached hydrogens (tertiary/aromatic N) is 3. The van der Waals surface area contributed by atoms with Crippen LogP contribution in [0.5, 0.6) is 0 Å². The first-order valence-electron chi connectivity index (χ1n) is 13.1. The van der Waals surface area contributed by atoms with Gasteiger partial charge in [-0.1, -0.05) is 24.1 Å². The van der Waals surface area contributed by atoms with Gasteiger partial charge in [0, 0.05) is 37.0 Å². The molecule has 3 aromatic rings. The number of piperidine rings is 1. The number of carbonyl (C=O) groups excluding carboxylic acids is 3. The number of carbonyl (C=O) groups is 3. The van der Waals surface area contributed by atoms with Crippen LogP contribution in [-0.4, -0.2) is 67.8 Å². The van der Waals surface area contributed by atoms with Crippen molar-refractivity contribution in [1.82, 2.24) is 9.88 Å². The summed E-state index contributed by atoms with van der Waals surface area (Å²) in [5, 5.41) is 3.40. The summed E-state index contributed by atoms with van der Waals surface area (Å²) in [5.74, 6) is -1.84. The maximum Gasteiger partial charge on any atom is 0.266 e. The Labute approximate surface area is 242 Å². The lowest BCUT2D eigenvalue weighted by Gasteiger charge is -2.27. The van der Waals surface area contributed by atoms with Crippen LogP contribution in [0.4, 0.5) is 11.5 Å². The second-order valence-corrected chi connectivity index (χ2v) is 13.9. The van der Waals surface area contributed by atoms with Gasteiger partial charge < -0.3 is 10.2 Å². The van der Waals surface area contributed by atoms with E-state index in [9.17, 15) is 22.8 Å². The number of aromatic nitrogens is 1. The van der Waals surface area contributed by atoms with E-state index in [2.05, 4.69) is 15.2 Å². The molecule has 0 atom stereocenters. The van der Waals surface area contributed by atoms with E-state index in [-0.39, 0.29) is 28.8 Å². The second-order valence-electron chi connectivity index (χ2n) is 9.97. The lowest BCUT2D eigenvalue weighted by Crippen LogP contribution is -2.43. The predicted molar refractivity (Wildman–Crippen MR) is 155 cm³/mol. The molecule has 1 saturated heterocycles. The molecule has 0 radical (unpaired) electrons. The van der Waals surface area contributed by atoms with Crippen molar-refractivity contribution in [3.05, 3.63) is 69.7 Å². The normalized spacial score (nSPS) is 16.2. The van der Waals surface area contributed by atoms with Crippen molar-refractivity contribution in [2.45, 2.75) is 36.3 Å². The highest BCUT2D eigenvalue weighted by Crippen LogP contribution is 2.28. The average molecular weight is 601 g/mol. The maximum absolute atomic E-state index is 13.2. The molecule has 12 heteroatoms. The van der Waals surface area contributed by atoms with Gasteiger partial charge in [0.25, 0.3) is 5.91 Å². The Bertz CT molecular complexity index is 1530. The first kappa shape index (κ1) is 28.4. The lowest BCUT2D eigenvalue weighted by molar-refractivity contribution is -0.118. The Morgan fingerprint density at radius 2 is 1.85 bits per heavy atom. The second kappa shape index (κ2) is 12.2. The molecule has 5 rings (SSSR count). The summed E-state index contributed by atoms with van der Waals surface area (Å²) in [6.07, 6.45) is 5.08. The van der Waals surface area contributed by atoms with Crippen LogP contribution < -0.4 is 10.2 Å². The van der Waals surface area contributed by atoms with Crippen molar-refractivity contribution in [2.75, 3.05) is 42.1 Å². The highest BCUT2D eigenvalue weighted by molar-refractivity contribution is 7.94. The summed E-state index contributed by atoms with van der Waals surface area (Å²) in [5.41, 5.74) is 2.47. The van der Waals surface area contributed by atoms with Gasteiger partial charge in [0.05, 0.1) is 10.8 Å². The number of hydrogen-bond donors (Lipinski definition) is 1. The van der Waals surface area contributed by atoms with E-state index >= 15 is 0 Å². The molecule has 4 heterocycles. The van der Waals surface area contributed by atoms with E-state index in [0.717, 1.165) is 48.1 Å². The van der Waals surface area contributed by atoms with Gasteiger partial charge in [0.15, 0.2) is 15.6 Å². The highest BCUT2D eigenvalue weighted by atomic mass is 35.5. The summed E-state index contributed by atoms with van der Waals surface area (Å²) < 4.78 is 25.3. The first-order valence-corrected chi connectivity index (χ1v) is 16.0. The van der Waals surface area contributed by atoms with Gasteiger partial charge in [-0.15, -0.1) is 11.3 Å². The van der Waals surface area contributed by atoms with Crippen molar-refractivity contribution >= 4 is 61.9 Å². The van der Waals surface area contributed by atoms with Crippen LogP contribution in [0.1, 0.15) is 40.7 Å². The van der Waals surface area contributed by atoms with E-state index in [0.29, 0.717) is 21.0 Å². The number of pyridine rings is 1. The van der Waals surface area contributed by atoms with Crippen molar-refractivity contribution < 1.29 is 22.8 Å². The van der Waals surface area contributed by atoms with E-state index in [4.69, 9.17) is 11.6 Å². The molecular weight excluding hydrogens is 572 g/mol. The van der Waals surface area contributed by atoms with E-state index in [1.165, 1.54) is 43.7 Å². The zero-order chi connectivity index (χ0) is 28.3. The average Bonchev–Trinajstić information content (AvgIpc) is 3.37. The predicted octanol–water partition coefficient (Wildman–Crippen LogP) is 4.01. The van der Waals surface area contributed by atoms with Gasteiger partial charge in [-0.3, -0.25) is 14.4 Å². The van der Waals surface area contributed by atoms with Crippen molar-refractivity contribution in [2.24, 2.45) is 0 Å². The van der Waals surface area contributed by atoms with Gasteiger partial charge in [-0.2, -0.15) is 0 Å². The SMILES string of the molecule is O=C(Cc1ccc(N2C(=O)Cc3cc(NCCN4CCCCC4)ccc3C2=O)nc1)CS(=O)(=O)c1ccc(Cl)s1. The van der Waals surface area contributed by atoms with Gasteiger partial charge >= 0.3 is 0 Å². The Balaban J connectivity index is 1.20. The first-order chi connectivity index (χ1) is 19.2. The smallest absolute Gasteiger partial charge is 0.266 e. The number of nitrogens with one attached hydrogen (secondary N) is 1. The fraction of sp³-hybridized carbons (Fsp3) is 0.357. The molecule has 2 aliphatic heterocycles. The van der Waals surface area contributed by atoms with Crippen molar-refractivity contribution in [1.29, 1.82) is 0 Å². The third-order valence-corrected chi connectivity index (χ3v) is 10.5. The van der Waals surface area contributed by atoms with Crippen molar-refractivity contribution in [3.63, 3.8) is 0 Å². The molecule has 0 bridgehead atoms. The monoisotopic (exact) mass is 600 g/mol. The van der Waals surface area contributed by atoms with Gasteiger partial charge in [0.2, 0.25) is 5.91 Å². The standard InChI is InChI=1S/C28H29ClN4O5S2/c29-24-7-9-27(39-24)40(37,38)18-22(34)14-19-4-8-25(31-17-19)33-26(35)16-20-15-21(5-6-23(20)28(33)36)30-10-13-32-11-2-1-3-12-32/h4-9,15,17,30H,1-3,10-14,16,18H2. The quantitative estimate of drug-likeness (QED) is 0.347. The number of hydrogen-bond acceptors (Lipinski definition) is 9. The molecule has 0 saturated carbocycles. The third kappa shape index (κ3) is 6.60. The molecule has 2 aromatic heterocycles. The fourth-order valence-corrected chi connectivity index (χ4v) is 7.80. The van der Waals surface area contributed by atoms with Crippen LogP contribution >= 0.6 is 22.9 Å². The molecule has 0 aliphatic carbocycles. The maximum atomic E-state index is 13.2. The van der Waals surface area contributed by atoms with E-state index < -0.39 is 27.3 Å². The summed E-state index contributed by atoms with van der Waals surface area (Å²) in [4.78, 5) is 46.4. The Hall–Kier alpha value is -3.12. The Kier molecular flexibility index (Phi) is 8.65. The molecule has 40 heavy (non-hydrogen) atoms. The number of thiophene rings is 1. The molecule has 0 unspecified atom stereocenters. The number of sulfone groups is 1. The summed E-state index contributed by atoms with van der Waals surface area (Å²) in [6.45, 7) is 4.00. The topological polar surface area (TPSA) is 117 Å². The molecule has 1 aromatic carbocycles. The third-order valence-electron chi connectivity index (χ3n) is 6.98. The van der Waals surface area contributed by atoms with Crippen LogP contribution in [0.25, 0.3) is 0 Å². The number of Topliss-reactive ketones (excluding diaryl/α,β-unsaturated/α-hetero) is 1. The van der Waals surface area contributed by atoms with Crippen LogP contribution in [0.3, 0.4) is 0 Å². The zero-order valence-corrected chi connectivity index (χ0v) is 24.2.